The molecule has 0 aromatic rings. The highest BCUT2D eigenvalue weighted by Gasteiger charge is 2.30. The van der Waals surface area contributed by atoms with Gasteiger partial charge in [-0.3, -0.25) is 9.59 Å². The van der Waals surface area contributed by atoms with Gasteiger partial charge in [0.05, 0.1) is 0 Å². The van der Waals surface area contributed by atoms with E-state index in [0.29, 0.717) is 0 Å². The largest absolute Gasteiger partial charge is 0.481 e. The van der Waals surface area contributed by atoms with Crippen molar-refractivity contribution in [1.82, 2.24) is 5.32 Å². The Hall–Kier alpha value is -1.06. The van der Waals surface area contributed by atoms with E-state index in [-0.39, 0.29) is 17.9 Å². The second-order valence-corrected chi connectivity index (χ2v) is 5.26. The second-order valence-electron chi connectivity index (χ2n) is 5.26. The lowest BCUT2D eigenvalue weighted by atomic mass is 9.94. The maximum Gasteiger partial charge on any atom is 0.316 e. The highest BCUT2D eigenvalue weighted by molar-refractivity contribution is 5.97. The Bertz CT molecular complexity index is 268. The molecule has 2 N–H and O–H groups in total. The fraction of sp³-hybridized carbons (Fsp3) is 0.846. The Labute approximate surface area is 103 Å². The number of hydrogen-bond acceptors (Lipinski definition) is 2. The van der Waals surface area contributed by atoms with Gasteiger partial charge < -0.3 is 10.4 Å². The van der Waals surface area contributed by atoms with E-state index in [1.807, 2.05) is 0 Å². The summed E-state index contributed by atoms with van der Waals surface area (Å²) in [5.41, 5.74) is 0. The third-order valence-electron chi connectivity index (χ3n) is 3.42. The van der Waals surface area contributed by atoms with Crippen molar-refractivity contribution in [3.05, 3.63) is 0 Å². The van der Waals surface area contributed by atoms with E-state index >= 15 is 0 Å². The SMILES string of the molecule is CC(C)C(C(=O)O)C(=O)NC1CCCCCC1. The van der Waals surface area contributed by atoms with Crippen LogP contribution >= 0.6 is 0 Å². The van der Waals surface area contributed by atoms with Crippen LogP contribution in [0.3, 0.4) is 0 Å². The van der Waals surface area contributed by atoms with Crippen molar-refractivity contribution in [3.8, 4) is 0 Å². The third kappa shape index (κ3) is 4.36. The summed E-state index contributed by atoms with van der Waals surface area (Å²) in [6.07, 6.45) is 6.67. The number of carbonyl (C=O) groups excluding carboxylic acids is 1. The maximum absolute atomic E-state index is 11.9. The van der Waals surface area contributed by atoms with Crippen LogP contribution in [-0.4, -0.2) is 23.0 Å². The molecule has 0 aromatic carbocycles. The zero-order valence-electron chi connectivity index (χ0n) is 10.7. The van der Waals surface area contributed by atoms with Crippen molar-refractivity contribution in [2.75, 3.05) is 0 Å². The molecule has 98 valence electrons. The van der Waals surface area contributed by atoms with Gasteiger partial charge in [0.2, 0.25) is 5.91 Å². The molecule has 1 aliphatic carbocycles. The van der Waals surface area contributed by atoms with Crippen molar-refractivity contribution in [2.45, 2.75) is 58.4 Å². The summed E-state index contributed by atoms with van der Waals surface area (Å²) in [7, 11) is 0. The van der Waals surface area contributed by atoms with E-state index in [0.717, 1.165) is 25.7 Å². The third-order valence-corrected chi connectivity index (χ3v) is 3.42. The first-order valence-corrected chi connectivity index (χ1v) is 6.55. The summed E-state index contributed by atoms with van der Waals surface area (Å²) < 4.78 is 0. The Morgan fingerprint density at radius 1 is 1.12 bits per heavy atom. The molecular weight excluding hydrogens is 218 g/mol. The average molecular weight is 241 g/mol. The molecule has 0 heterocycles. The fourth-order valence-corrected chi connectivity index (χ4v) is 2.41. The van der Waals surface area contributed by atoms with Crippen molar-refractivity contribution in [2.24, 2.45) is 11.8 Å². The number of carboxylic acid groups (broad SMARTS) is 1. The molecular formula is C13H23NO3. The van der Waals surface area contributed by atoms with Gasteiger partial charge in [-0.1, -0.05) is 39.5 Å². The van der Waals surface area contributed by atoms with Gasteiger partial charge in [-0.15, -0.1) is 0 Å². The molecule has 1 fully saturated rings. The van der Waals surface area contributed by atoms with Crippen LogP contribution in [0.4, 0.5) is 0 Å². The molecule has 1 atom stereocenters. The molecule has 0 bridgehead atoms. The lowest BCUT2D eigenvalue weighted by molar-refractivity contribution is -0.149. The lowest BCUT2D eigenvalue weighted by Crippen LogP contribution is -2.43. The normalized spacial score (nSPS) is 19.7. The van der Waals surface area contributed by atoms with E-state index < -0.39 is 11.9 Å². The van der Waals surface area contributed by atoms with Gasteiger partial charge in [-0.2, -0.15) is 0 Å². The number of hydrogen-bond donors (Lipinski definition) is 2. The van der Waals surface area contributed by atoms with Gasteiger partial charge >= 0.3 is 5.97 Å². The van der Waals surface area contributed by atoms with Gasteiger partial charge in [0.15, 0.2) is 0 Å². The van der Waals surface area contributed by atoms with Crippen molar-refractivity contribution in [1.29, 1.82) is 0 Å². The zero-order valence-corrected chi connectivity index (χ0v) is 10.7. The van der Waals surface area contributed by atoms with Crippen LogP contribution in [0, 0.1) is 11.8 Å². The van der Waals surface area contributed by atoms with Crippen LogP contribution in [0.1, 0.15) is 52.4 Å². The van der Waals surface area contributed by atoms with E-state index in [1.54, 1.807) is 13.8 Å². The number of nitrogens with one attached hydrogen (secondary N) is 1. The molecule has 4 heteroatoms. The predicted octanol–water partition coefficient (Wildman–Crippen LogP) is 2.18. The minimum absolute atomic E-state index is 0.168. The molecule has 0 aliphatic heterocycles. The summed E-state index contributed by atoms with van der Waals surface area (Å²) in [5, 5.41) is 11.9. The van der Waals surface area contributed by atoms with Crippen molar-refractivity contribution >= 4 is 11.9 Å². The van der Waals surface area contributed by atoms with Gasteiger partial charge in [-0.05, 0) is 18.8 Å². The van der Waals surface area contributed by atoms with Crippen molar-refractivity contribution < 1.29 is 14.7 Å². The number of rotatable bonds is 4. The number of aliphatic carboxylic acids is 1. The van der Waals surface area contributed by atoms with E-state index in [1.165, 1.54) is 12.8 Å². The van der Waals surface area contributed by atoms with Gasteiger partial charge in [0, 0.05) is 6.04 Å². The fourth-order valence-electron chi connectivity index (χ4n) is 2.41. The Kier molecular flexibility index (Phi) is 5.45. The standard InChI is InChI=1S/C13H23NO3/c1-9(2)11(13(16)17)12(15)14-10-7-5-3-4-6-8-10/h9-11H,3-8H2,1-2H3,(H,14,15)(H,16,17). The molecule has 1 unspecified atom stereocenters. The van der Waals surface area contributed by atoms with Gasteiger partial charge in [0.25, 0.3) is 0 Å². The monoisotopic (exact) mass is 241 g/mol. The summed E-state index contributed by atoms with van der Waals surface area (Å²) in [6.45, 7) is 3.54. The Morgan fingerprint density at radius 2 is 1.65 bits per heavy atom. The highest BCUT2D eigenvalue weighted by atomic mass is 16.4. The molecule has 0 spiro atoms. The van der Waals surface area contributed by atoms with Crippen molar-refractivity contribution in [3.63, 3.8) is 0 Å². The van der Waals surface area contributed by atoms with Gasteiger partial charge in [0.1, 0.15) is 5.92 Å². The van der Waals surface area contributed by atoms with E-state index in [9.17, 15) is 9.59 Å². The van der Waals surface area contributed by atoms with Crippen LogP contribution in [-0.2, 0) is 9.59 Å². The first-order chi connectivity index (χ1) is 8.02. The number of carboxylic acids is 1. The average Bonchev–Trinajstić information content (AvgIpc) is 2.44. The molecule has 4 nitrogen and oxygen atoms in total. The van der Waals surface area contributed by atoms with E-state index in [2.05, 4.69) is 5.32 Å². The Morgan fingerprint density at radius 3 is 2.06 bits per heavy atom. The minimum atomic E-state index is -1.02. The van der Waals surface area contributed by atoms with Crippen LogP contribution in [0.25, 0.3) is 0 Å². The lowest BCUT2D eigenvalue weighted by Gasteiger charge is -2.21. The zero-order chi connectivity index (χ0) is 12.8. The molecule has 1 amide bonds. The smallest absolute Gasteiger partial charge is 0.316 e. The van der Waals surface area contributed by atoms with Crippen LogP contribution in [0.5, 0.6) is 0 Å². The number of amides is 1. The van der Waals surface area contributed by atoms with Crippen LogP contribution in [0.15, 0.2) is 0 Å². The predicted molar refractivity (Wildman–Crippen MR) is 65.6 cm³/mol. The van der Waals surface area contributed by atoms with E-state index in [4.69, 9.17) is 5.11 Å². The topological polar surface area (TPSA) is 66.4 Å². The molecule has 1 saturated carbocycles. The molecule has 17 heavy (non-hydrogen) atoms. The molecule has 1 aliphatic rings. The number of carbonyl (C=O) groups is 2. The summed E-state index contributed by atoms with van der Waals surface area (Å²) in [4.78, 5) is 22.9. The molecule has 1 rings (SSSR count). The molecule has 0 saturated heterocycles. The first kappa shape index (κ1) is 14.0. The van der Waals surface area contributed by atoms with Crippen LogP contribution < -0.4 is 5.32 Å². The molecule has 0 aromatic heterocycles. The summed E-state index contributed by atoms with van der Waals surface area (Å²) >= 11 is 0. The highest BCUT2D eigenvalue weighted by Crippen LogP contribution is 2.19. The summed E-state index contributed by atoms with van der Waals surface area (Å²) in [6, 6.07) is 0.172. The minimum Gasteiger partial charge on any atom is -0.481 e. The van der Waals surface area contributed by atoms with Gasteiger partial charge in [-0.25, -0.2) is 0 Å². The quantitative estimate of drug-likeness (QED) is 0.585. The first-order valence-electron chi connectivity index (χ1n) is 6.55. The second kappa shape index (κ2) is 6.62. The molecule has 0 radical (unpaired) electrons. The summed E-state index contributed by atoms with van der Waals surface area (Å²) in [5.74, 6) is -2.43. The van der Waals surface area contributed by atoms with Crippen LogP contribution in [0.2, 0.25) is 0 Å². The Balaban J connectivity index is 2.53. The maximum atomic E-state index is 11.9.